The Labute approximate surface area is 118 Å². The van der Waals surface area contributed by atoms with Crippen molar-refractivity contribution in [2.24, 2.45) is 5.73 Å². The number of likely N-dealkylation sites (tertiary alicyclic amines) is 1. The quantitative estimate of drug-likeness (QED) is 0.791. The van der Waals surface area contributed by atoms with Crippen molar-refractivity contribution in [3.8, 4) is 0 Å². The van der Waals surface area contributed by atoms with Crippen LogP contribution in [0.5, 0.6) is 0 Å². The van der Waals surface area contributed by atoms with Crippen LogP contribution in [-0.4, -0.2) is 54.1 Å². The number of hydrogen-bond donors (Lipinski definition) is 1. The number of nitrogens with two attached hydrogens (primary N) is 1. The zero-order valence-corrected chi connectivity index (χ0v) is 12.6. The van der Waals surface area contributed by atoms with Gasteiger partial charge in [-0.3, -0.25) is 9.80 Å². The van der Waals surface area contributed by atoms with Crippen molar-refractivity contribution in [1.29, 1.82) is 0 Å². The molecular formula is C16H31N3. The summed E-state index contributed by atoms with van der Waals surface area (Å²) in [5.74, 6) is 0. The fourth-order valence-electron chi connectivity index (χ4n) is 4.27. The summed E-state index contributed by atoms with van der Waals surface area (Å²) in [7, 11) is 2.36. The van der Waals surface area contributed by atoms with Gasteiger partial charge in [-0.15, -0.1) is 0 Å². The van der Waals surface area contributed by atoms with Gasteiger partial charge in [-0.05, 0) is 39.2 Å². The molecule has 0 aromatic heterocycles. The molecule has 0 spiro atoms. The van der Waals surface area contributed by atoms with E-state index in [4.69, 9.17) is 5.73 Å². The Hall–Kier alpha value is -0.120. The normalized spacial score (nSPS) is 34.9. The van der Waals surface area contributed by atoms with Crippen molar-refractivity contribution in [1.82, 2.24) is 9.80 Å². The van der Waals surface area contributed by atoms with Crippen molar-refractivity contribution < 1.29 is 0 Å². The fraction of sp³-hybridized carbons (Fsp3) is 1.00. The summed E-state index contributed by atoms with van der Waals surface area (Å²) in [4.78, 5) is 5.40. The Kier molecular flexibility index (Phi) is 4.16. The van der Waals surface area contributed by atoms with Crippen LogP contribution in [0.2, 0.25) is 0 Å². The molecule has 2 saturated carbocycles. The second kappa shape index (κ2) is 5.71. The Morgan fingerprint density at radius 1 is 1.11 bits per heavy atom. The lowest BCUT2D eigenvalue weighted by atomic mass is 9.92. The molecule has 1 saturated heterocycles. The first-order valence-electron chi connectivity index (χ1n) is 8.42. The zero-order chi connectivity index (χ0) is 13.3. The molecule has 3 rings (SSSR count). The lowest BCUT2D eigenvalue weighted by Crippen LogP contribution is -2.57. The van der Waals surface area contributed by atoms with Crippen LogP contribution >= 0.6 is 0 Å². The second-order valence-corrected chi connectivity index (χ2v) is 7.14. The van der Waals surface area contributed by atoms with Gasteiger partial charge >= 0.3 is 0 Å². The number of hydrogen-bond acceptors (Lipinski definition) is 3. The molecule has 0 radical (unpaired) electrons. The average Bonchev–Trinajstić information content (AvgIpc) is 3.23. The molecule has 0 bridgehead atoms. The highest BCUT2D eigenvalue weighted by Gasteiger charge is 2.46. The van der Waals surface area contributed by atoms with E-state index in [0.29, 0.717) is 0 Å². The van der Waals surface area contributed by atoms with E-state index in [9.17, 15) is 0 Å². The van der Waals surface area contributed by atoms with Crippen LogP contribution in [0.15, 0.2) is 0 Å². The molecule has 0 amide bonds. The minimum atomic E-state index is 0.275. The van der Waals surface area contributed by atoms with Gasteiger partial charge in [0, 0.05) is 37.3 Å². The molecule has 3 aliphatic rings. The molecule has 19 heavy (non-hydrogen) atoms. The van der Waals surface area contributed by atoms with Crippen molar-refractivity contribution >= 4 is 0 Å². The van der Waals surface area contributed by atoms with E-state index in [1.54, 1.807) is 0 Å². The highest BCUT2D eigenvalue weighted by Crippen LogP contribution is 2.37. The summed E-state index contributed by atoms with van der Waals surface area (Å²) in [6.07, 6.45) is 12.6. The van der Waals surface area contributed by atoms with Gasteiger partial charge in [-0.2, -0.15) is 0 Å². The molecule has 110 valence electrons. The van der Waals surface area contributed by atoms with Crippen LogP contribution in [0.3, 0.4) is 0 Å². The third-order valence-corrected chi connectivity index (χ3v) is 5.93. The van der Waals surface area contributed by atoms with E-state index in [-0.39, 0.29) is 5.54 Å². The molecule has 2 aliphatic carbocycles. The van der Waals surface area contributed by atoms with Gasteiger partial charge in [-0.25, -0.2) is 0 Å². The molecule has 0 aromatic carbocycles. The lowest BCUT2D eigenvalue weighted by Gasteiger charge is -2.43. The first-order chi connectivity index (χ1) is 9.25. The van der Waals surface area contributed by atoms with Crippen molar-refractivity contribution in [3.63, 3.8) is 0 Å². The SMILES string of the molecule is CN(C1CCCCCC1)C1(CN)CCN(C2CC2)C1. The van der Waals surface area contributed by atoms with E-state index in [0.717, 1.165) is 18.6 Å². The monoisotopic (exact) mass is 265 g/mol. The Bertz CT molecular complexity index is 294. The molecule has 3 fully saturated rings. The maximum Gasteiger partial charge on any atom is 0.0470 e. The fourth-order valence-corrected chi connectivity index (χ4v) is 4.27. The minimum absolute atomic E-state index is 0.275. The highest BCUT2D eigenvalue weighted by molar-refractivity contribution is 5.04. The molecule has 3 nitrogen and oxygen atoms in total. The third-order valence-electron chi connectivity index (χ3n) is 5.93. The summed E-state index contributed by atoms with van der Waals surface area (Å²) in [6, 6.07) is 1.68. The summed E-state index contributed by atoms with van der Waals surface area (Å²) in [5, 5.41) is 0. The summed E-state index contributed by atoms with van der Waals surface area (Å²) >= 11 is 0. The highest BCUT2D eigenvalue weighted by atomic mass is 15.3. The van der Waals surface area contributed by atoms with Crippen molar-refractivity contribution in [3.05, 3.63) is 0 Å². The van der Waals surface area contributed by atoms with Gasteiger partial charge in [0.15, 0.2) is 0 Å². The first-order valence-corrected chi connectivity index (χ1v) is 8.42. The van der Waals surface area contributed by atoms with Gasteiger partial charge < -0.3 is 5.73 Å². The summed E-state index contributed by atoms with van der Waals surface area (Å²) in [5.41, 5.74) is 6.51. The van der Waals surface area contributed by atoms with E-state index in [1.165, 1.54) is 70.9 Å². The summed E-state index contributed by atoms with van der Waals surface area (Å²) < 4.78 is 0. The van der Waals surface area contributed by atoms with Crippen molar-refractivity contribution in [2.75, 3.05) is 26.7 Å². The van der Waals surface area contributed by atoms with E-state index >= 15 is 0 Å². The molecule has 0 aromatic rings. The van der Waals surface area contributed by atoms with E-state index < -0.39 is 0 Å². The molecule has 1 heterocycles. The molecule has 1 unspecified atom stereocenters. The van der Waals surface area contributed by atoms with Crippen LogP contribution in [0.25, 0.3) is 0 Å². The average molecular weight is 265 g/mol. The maximum absolute atomic E-state index is 6.23. The Balaban J connectivity index is 1.66. The predicted molar refractivity (Wildman–Crippen MR) is 80.3 cm³/mol. The summed E-state index contributed by atoms with van der Waals surface area (Å²) in [6.45, 7) is 3.34. The molecule has 1 aliphatic heterocycles. The largest absolute Gasteiger partial charge is 0.329 e. The van der Waals surface area contributed by atoms with E-state index in [1.807, 2.05) is 0 Å². The first kappa shape index (κ1) is 13.8. The number of nitrogens with zero attached hydrogens (tertiary/aromatic N) is 2. The second-order valence-electron chi connectivity index (χ2n) is 7.14. The standard InChI is InChI=1S/C16H31N3/c1-18(14-6-4-2-3-5-7-14)16(12-17)10-11-19(13-16)15-8-9-15/h14-15H,2-13,17H2,1H3. The molecular weight excluding hydrogens is 234 g/mol. The third kappa shape index (κ3) is 2.84. The van der Waals surface area contributed by atoms with Gasteiger partial charge in [-0.1, -0.05) is 25.7 Å². The van der Waals surface area contributed by atoms with Gasteiger partial charge in [0.05, 0.1) is 0 Å². The molecule has 2 N–H and O–H groups in total. The van der Waals surface area contributed by atoms with Crippen LogP contribution in [0, 0.1) is 0 Å². The van der Waals surface area contributed by atoms with Crippen LogP contribution in [-0.2, 0) is 0 Å². The Morgan fingerprint density at radius 3 is 2.37 bits per heavy atom. The lowest BCUT2D eigenvalue weighted by molar-refractivity contribution is 0.0729. The van der Waals surface area contributed by atoms with Crippen LogP contribution in [0.1, 0.15) is 57.8 Å². The van der Waals surface area contributed by atoms with Gasteiger partial charge in [0.25, 0.3) is 0 Å². The van der Waals surface area contributed by atoms with Crippen LogP contribution in [0.4, 0.5) is 0 Å². The molecule has 1 atom stereocenters. The van der Waals surface area contributed by atoms with Crippen molar-refractivity contribution in [2.45, 2.75) is 75.4 Å². The van der Waals surface area contributed by atoms with Gasteiger partial charge in [0.1, 0.15) is 0 Å². The number of rotatable bonds is 4. The molecule has 3 heteroatoms. The van der Waals surface area contributed by atoms with E-state index in [2.05, 4.69) is 16.8 Å². The Morgan fingerprint density at radius 2 is 1.79 bits per heavy atom. The van der Waals surface area contributed by atoms with Gasteiger partial charge in [0.2, 0.25) is 0 Å². The van der Waals surface area contributed by atoms with Crippen LogP contribution < -0.4 is 5.73 Å². The zero-order valence-electron chi connectivity index (χ0n) is 12.6. The number of likely N-dealkylation sites (N-methyl/N-ethyl adjacent to an activating group) is 1. The maximum atomic E-state index is 6.23. The minimum Gasteiger partial charge on any atom is -0.329 e. The topological polar surface area (TPSA) is 32.5 Å². The smallest absolute Gasteiger partial charge is 0.0470 e. The predicted octanol–water partition coefficient (Wildman–Crippen LogP) is 2.21.